The summed E-state index contributed by atoms with van der Waals surface area (Å²) in [6, 6.07) is -0.857. The van der Waals surface area contributed by atoms with Gasteiger partial charge in [0.1, 0.15) is 13.2 Å². The number of nitrogens with one attached hydrogen (secondary N) is 1. The summed E-state index contributed by atoms with van der Waals surface area (Å²) in [6.07, 6.45) is 15.3. The molecule has 3 atom stereocenters. The second kappa shape index (κ2) is 17.2. The monoisotopic (exact) mass is 475 g/mol. The molecule has 0 aromatic heterocycles. The number of aliphatic hydroxyl groups is 1. The molecule has 0 aliphatic heterocycles. The van der Waals surface area contributed by atoms with Crippen LogP contribution in [0.15, 0.2) is 36.5 Å². The molecule has 0 heterocycles. The van der Waals surface area contributed by atoms with Gasteiger partial charge in [-0.05, 0) is 39.0 Å². The van der Waals surface area contributed by atoms with Gasteiger partial charge in [0.2, 0.25) is 5.91 Å². The van der Waals surface area contributed by atoms with Crippen molar-refractivity contribution in [3.8, 4) is 0 Å². The minimum Gasteiger partial charge on any atom is -0.387 e. The number of unbranched alkanes of at least 4 members (excludes halogenated alkanes) is 2. The third-order valence-corrected chi connectivity index (χ3v) is 5.39. The molecule has 9 heteroatoms. The maximum absolute atomic E-state index is 12.1. The highest BCUT2D eigenvalue weighted by atomic mass is 31.2. The zero-order valence-corrected chi connectivity index (χ0v) is 21.3. The second-order valence-electron chi connectivity index (χ2n) is 8.65. The van der Waals surface area contributed by atoms with Crippen LogP contribution in [0.1, 0.15) is 52.4 Å². The van der Waals surface area contributed by atoms with Crippen molar-refractivity contribution in [2.75, 3.05) is 40.9 Å². The van der Waals surface area contributed by atoms with E-state index in [9.17, 15) is 19.4 Å². The molecular weight excluding hydrogens is 431 g/mol. The molecule has 0 saturated heterocycles. The third kappa shape index (κ3) is 18.3. The van der Waals surface area contributed by atoms with Crippen molar-refractivity contribution in [2.24, 2.45) is 0 Å². The van der Waals surface area contributed by atoms with E-state index in [2.05, 4.69) is 23.5 Å². The van der Waals surface area contributed by atoms with E-state index in [-0.39, 0.29) is 19.1 Å². The fourth-order valence-electron chi connectivity index (χ4n) is 2.53. The Balaban J connectivity index is 4.70. The summed E-state index contributed by atoms with van der Waals surface area (Å²) in [7, 11) is 1.52. The molecule has 0 aliphatic carbocycles. The number of phosphoric acid groups is 1. The molecule has 3 unspecified atom stereocenters. The lowest BCUT2D eigenvalue weighted by Crippen LogP contribution is -2.45. The van der Waals surface area contributed by atoms with E-state index < -0.39 is 20.0 Å². The number of aliphatic hydroxyl groups excluding tert-OH is 1. The molecule has 1 amide bonds. The molecule has 0 spiro atoms. The van der Waals surface area contributed by atoms with E-state index in [0.717, 1.165) is 25.7 Å². The SMILES string of the molecule is C/C=C/CC/C=C/CC/C=C/C(O)C(COP(=O)(O)OCC[N+](C)(C)C)NC(=O)CCC. The number of phosphoric ester groups is 1. The van der Waals surface area contributed by atoms with Crippen LogP contribution in [0.3, 0.4) is 0 Å². The van der Waals surface area contributed by atoms with Crippen molar-refractivity contribution in [1.82, 2.24) is 5.32 Å². The molecule has 0 aromatic carbocycles. The number of carbonyl (C=O) groups excluding carboxylic acids is 1. The van der Waals surface area contributed by atoms with Crippen molar-refractivity contribution >= 4 is 13.7 Å². The number of rotatable bonds is 18. The summed E-state index contributed by atoms with van der Waals surface area (Å²) in [5, 5.41) is 13.2. The molecule has 3 N–H and O–H groups in total. The van der Waals surface area contributed by atoms with Gasteiger partial charge in [0.05, 0.1) is 39.9 Å². The number of allylic oxidation sites excluding steroid dienone is 5. The van der Waals surface area contributed by atoms with Crippen LogP contribution in [0.2, 0.25) is 0 Å². The van der Waals surface area contributed by atoms with Crippen LogP contribution in [0, 0.1) is 0 Å². The number of nitrogens with zero attached hydrogens (tertiary/aromatic N) is 1. The zero-order chi connectivity index (χ0) is 24.5. The van der Waals surface area contributed by atoms with Gasteiger partial charge in [0.25, 0.3) is 0 Å². The Morgan fingerprint density at radius 3 is 2.22 bits per heavy atom. The Morgan fingerprint density at radius 2 is 1.66 bits per heavy atom. The largest absolute Gasteiger partial charge is 0.472 e. The summed E-state index contributed by atoms with van der Waals surface area (Å²) >= 11 is 0. The maximum Gasteiger partial charge on any atom is 0.472 e. The van der Waals surface area contributed by atoms with E-state index in [1.807, 2.05) is 47.1 Å². The predicted molar refractivity (Wildman–Crippen MR) is 129 cm³/mol. The predicted octanol–water partition coefficient (Wildman–Crippen LogP) is 3.72. The topological polar surface area (TPSA) is 105 Å². The molecule has 0 saturated carbocycles. The van der Waals surface area contributed by atoms with E-state index in [1.165, 1.54) is 0 Å². The van der Waals surface area contributed by atoms with Crippen LogP contribution in [-0.2, 0) is 18.4 Å². The van der Waals surface area contributed by atoms with Gasteiger partial charge in [-0.25, -0.2) is 4.57 Å². The molecule has 32 heavy (non-hydrogen) atoms. The molecular formula is C23H44N2O6P+. The molecule has 0 aromatic rings. The summed E-state index contributed by atoms with van der Waals surface area (Å²) in [5.74, 6) is -0.253. The Kier molecular flexibility index (Phi) is 16.5. The van der Waals surface area contributed by atoms with Crippen molar-refractivity contribution in [3.05, 3.63) is 36.5 Å². The van der Waals surface area contributed by atoms with Crippen molar-refractivity contribution in [1.29, 1.82) is 0 Å². The lowest BCUT2D eigenvalue weighted by Gasteiger charge is -2.25. The minimum absolute atomic E-state index is 0.0504. The molecule has 0 bridgehead atoms. The highest BCUT2D eigenvalue weighted by Gasteiger charge is 2.27. The van der Waals surface area contributed by atoms with Gasteiger partial charge in [-0.15, -0.1) is 0 Å². The first-order chi connectivity index (χ1) is 15.0. The first kappa shape index (κ1) is 30.7. The van der Waals surface area contributed by atoms with Crippen molar-refractivity contribution in [2.45, 2.75) is 64.5 Å². The summed E-state index contributed by atoms with van der Waals surface area (Å²) in [5.41, 5.74) is 0. The number of carbonyl (C=O) groups is 1. The number of likely N-dealkylation sites (N-methyl/N-ethyl adjacent to an activating group) is 1. The standard InChI is InChI=1S/C23H43N2O6P/c1-6-8-9-10-11-12-13-14-15-17-22(26)21(24-23(27)16-7-2)20-31-32(28,29)30-19-18-25(3,4)5/h6,8,11-12,15,17,21-22,26H,7,9-10,13-14,16,18-20H2,1-5H3,(H-,24,27,28,29)/p+1/b8-6+,12-11+,17-15+. The Labute approximate surface area is 194 Å². The van der Waals surface area contributed by atoms with E-state index >= 15 is 0 Å². The smallest absolute Gasteiger partial charge is 0.387 e. The number of hydrogen-bond acceptors (Lipinski definition) is 5. The van der Waals surface area contributed by atoms with E-state index in [0.29, 0.717) is 23.9 Å². The number of quaternary nitrogens is 1. The first-order valence-electron chi connectivity index (χ1n) is 11.3. The van der Waals surface area contributed by atoms with E-state index in [4.69, 9.17) is 9.05 Å². The van der Waals surface area contributed by atoms with Crippen LogP contribution in [0.4, 0.5) is 0 Å². The summed E-state index contributed by atoms with van der Waals surface area (Å²) in [6.45, 7) is 4.11. The fraction of sp³-hybridized carbons (Fsp3) is 0.696. The second-order valence-corrected chi connectivity index (χ2v) is 10.1. The van der Waals surface area contributed by atoms with Gasteiger partial charge >= 0.3 is 7.82 Å². The van der Waals surface area contributed by atoms with Crippen LogP contribution in [-0.4, -0.2) is 73.4 Å². The third-order valence-electron chi connectivity index (χ3n) is 4.41. The molecule has 0 aliphatic rings. The van der Waals surface area contributed by atoms with Crippen molar-refractivity contribution < 1.29 is 32.9 Å². The fourth-order valence-corrected chi connectivity index (χ4v) is 3.27. The lowest BCUT2D eigenvalue weighted by atomic mass is 10.1. The summed E-state index contributed by atoms with van der Waals surface area (Å²) in [4.78, 5) is 21.9. The quantitative estimate of drug-likeness (QED) is 0.121. The van der Waals surface area contributed by atoms with E-state index in [1.54, 1.807) is 6.08 Å². The van der Waals surface area contributed by atoms with Gasteiger partial charge in [-0.1, -0.05) is 43.4 Å². The molecule has 0 rings (SSSR count). The van der Waals surface area contributed by atoms with Gasteiger partial charge in [-0.3, -0.25) is 13.8 Å². The number of hydrogen-bond donors (Lipinski definition) is 3. The van der Waals surface area contributed by atoms with Crippen LogP contribution >= 0.6 is 7.82 Å². The average molecular weight is 476 g/mol. The van der Waals surface area contributed by atoms with Crippen LogP contribution in [0.25, 0.3) is 0 Å². The maximum atomic E-state index is 12.1. The molecule has 186 valence electrons. The summed E-state index contributed by atoms with van der Waals surface area (Å²) < 4.78 is 22.8. The van der Waals surface area contributed by atoms with Crippen molar-refractivity contribution in [3.63, 3.8) is 0 Å². The minimum atomic E-state index is -4.29. The molecule has 0 fully saturated rings. The zero-order valence-electron chi connectivity index (χ0n) is 20.4. The normalized spacial score (nSPS) is 16.6. The van der Waals surface area contributed by atoms with Crippen LogP contribution < -0.4 is 5.32 Å². The van der Waals surface area contributed by atoms with Gasteiger partial charge in [0.15, 0.2) is 0 Å². The average Bonchev–Trinajstić information content (AvgIpc) is 2.68. The Hall–Kier alpha value is -1.28. The molecule has 8 nitrogen and oxygen atoms in total. The van der Waals surface area contributed by atoms with Gasteiger partial charge < -0.3 is 19.8 Å². The Bertz CT molecular complexity index is 643. The van der Waals surface area contributed by atoms with Gasteiger partial charge in [-0.2, -0.15) is 0 Å². The first-order valence-corrected chi connectivity index (χ1v) is 12.8. The highest BCUT2D eigenvalue weighted by Crippen LogP contribution is 2.43. The molecule has 0 radical (unpaired) electrons. The Morgan fingerprint density at radius 1 is 1.06 bits per heavy atom. The van der Waals surface area contributed by atoms with Gasteiger partial charge in [0, 0.05) is 6.42 Å². The highest BCUT2D eigenvalue weighted by molar-refractivity contribution is 7.47. The van der Waals surface area contributed by atoms with Crippen LogP contribution in [0.5, 0.6) is 0 Å². The number of amides is 1. The lowest BCUT2D eigenvalue weighted by molar-refractivity contribution is -0.870.